The van der Waals surface area contributed by atoms with Gasteiger partial charge in [0.2, 0.25) is 5.91 Å². The van der Waals surface area contributed by atoms with Gasteiger partial charge in [-0.05, 0) is 43.2 Å². The second-order valence-electron chi connectivity index (χ2n) is 7.66. The maximum atomic E-state index is 13.0. The third-order valence-corrected chi connectivity index (χ3v) is 5.79. The molecule has 1 aliphatic rings. The molecule has 162 valence electrons. The molecule has 2 heterocycles. The summed E-state index contributed by atoms with van der Waals surface area (Å²) in [5, 5.41) is 10.6. The predicted molar refractivity (Wildman–Crippen MR) is 120 cm³/mol. The average Bonchev–Trinajstić information content (AvgIpc) is 3.35. The van der Waals surface area contributed by atoms with Gasteiger partial charge in [0.25, 0.3) is 5.91 Å². The molecule has 2 amide bonds. The van der Waals surface area contributed by atoms with Crippen LogP contribution in [0.1, 0.15) is 29.8 Å². The molecular weight excluding hydrogens is 434 g/mol. The van der Waals surface area contributed by atoms with E-state index in [0.29, 0.717) is 33.2 Å². The summed E-state index contributed by atoms with van der Waals surface area (Å²) in [6.45, 7) is 0. The number of nitrogens with one attached hydrogen (secondary N) is 4. The lowest BCUT2D eigenvalue weighted by atomic mass is 9.85. The smallest absolute Gasteiger partial charge is 0.349 e. The molecule has 1 aliphatic carbocycles. The molecule has 0 atom stereocenters. The zero-order chi connectivity index (χ0) is 22.2. The van der Waals surface area contributed by atoms with Crippen molar-refractivity contribution < 1.29 is 14.1 Å². The maximum absolute atomic E-state index is 13.0. The Morgan fingerprint density at radius 1 is 1.06 bits per heavy atom. The molecule has 10 heteroatoms. The number of nitrogens with zero attached hydrogens (tertiary/aromatic N) is 1. The van der Waals surface area contributed by atoms with Crippen molar-refractivity contribution in [1.29, 1.82) is 0 Å². The van der Waals surface area contributed by atoms with E-state index in [-0.39, 0.29) is 17.6 Å². The van der Waals surface area contributed by atoms with Crippen molar-refractivity contribution >= 4 is 45.7 Å². The highest BCUT2D eigenvalue weighted by molar-refractivity contribution is 6.31. The predicted octanol–water partition coefficient (Wildman–Crippen LogP) is 4.16. The van der Waals surface area contributed by atoms with E-state index in [1.165, 1.54) is 0 Å². The normalized spacial score (nSPS) is 13.7. The molecule has 1 fully saturated rings. The topological polar surface area (TPSA) is 133 Å². The van der Waals surface area contributed by atoms with Gasteiger partial charge in [0.05, 0.1) is 16.9 Å². The zero-order valence-electron chi connectivity index (χ0n) is 16.7. The fraction of sp³-hybridized carbons (Fsp3) is 0.182. The van der Waals surface area contributed by atoms with Crippen LogP contribution in [0.4, 0.5) is 11.4 Å². The number of benzene rings is 2. The van der Waals surface area contributed by atoms with Crippen LogP contribution in [0.2, 0.25) is 5.02 Å². The van der Waals surface area contributed by atoms with Crippen molar-refractivity contribution in [2.24, 2.45) is 5.92 Å². The molecule has 32 heavy (non-hydrogen) atoms. The average molecular weight is 452 g/mol. The Kier molecular flexibility index (Phi) is 5.02. The number of anilines is 2. The van der Waals surface area contributed by atoms with E-state index < -0.39 is 11.7 Å². The van der Waals surface area contributed by atoms with Crippen molar-refractivity contribution in [3.05, 3.63) is 63.7 Å². The molecule has 0 unspecified atom stereocenters. The Morgan fingerprint density at radius 3 is 2.62 bits per heavy atom. The summed E-state index contributed by atoms with van der Waals surface area (Å²) in [5.41, 5.74) is 2.40. The van der Waals surface area contributed by atoms with E-state index in [0.717, 1.165) is 24.6 Å². The summed E-state index contributed by atoms with van der Waals surface area (Å²) in [7, 11) is 0. The number of halogens is 1. The number of fused-ring (bicyclic) bond motifs is 1. The van der Waals surface area contributed by atoms with Crippen LogP contribution in [0.15, 0.2) is 51.8 Å². The van der Waals surface area contributed by atoms with Crippen molar-refractivity contribution in [2.75, 3.05) is 10.6 Å². The summed E-state index contributed by atoms with van der Waals surface area (Å²) in [6.07, 6.45) is 2.88. The standard InChI is InChI=1S/C22H18ClN5O4/c23-13-7-8-15(14(10-13)19-27-22(31)32-28-19)25-21(30)17-9-12-5-2-6-16(18(12)24-17)26-20(29)11-3-1-4-11/h2,5-11,24H,1,3-4H2,(H,25,30)(H,26,29)(H,27,28,31). The number of H-pyrrole nitrogens is 2. The van der Waals surface area contributed by atoms with Crippen LogP contribution < -0.4 is 16.4 Å². The molecule has 2 aromatic heterocycles. The molecular formula is C22H18ClN5O4. The second kappa shape index (κ2) is 8.01. The molecule has 0 saturated heterocycles. The quantitative estimate of drug-likeness (QED) is 0.361. The van der Waals surface area contributed by atoms with Crippen molar-refractivity contribution in [2.45, 2.75) is 19.3 Å². The highest BCUT2D eigenvalue weighted by Crippen LogP contribution is 2.31. The third-order valence-electron chi connectivity index (χ3n) is 5.56. The second-order valence-corrected chi connectivity index (χ2v) is 8.09. The van der Waals surface area contributed by atoms with Gasteiger partial charge in [-0.15, -0.1) is 0 Å². The minimum atomic E-state index is -0.718. The van der Waals surface area contributed by atoms with E-state index in [1.54, 1.807) is 30.3 Å². The first-order chi connectivity index (χ1) is 15.5. The Hall–Kier alpha value is -3.85. The van der Waals surface area contributed by atoms with Gasteiger partial charge in [-0.3, -0.25) is 19.1 Å². The number of aromatic nitrogens is 3. The van der Waals surface area contributed by atoms with Gasteiger partial charge in [-0.2, -0.15) is 0 Å². The van der Waals surface area contributed by atoms with Crippen LogP contribution >= 0.6 is 11.6 Å². The number of para-hydroxylation sites is 1. The molecule has 0 bridgehead atoms. The molecule has 0 aliphatic heterocycles. The fourth-order valence-corrected chi connectivity index (χ4v) is 3.82. The molecule has 0 spiro atoms. The number of hydrogen-bond donors (Lipinski definition) is 4. The first-order valence-electron chi connectivity index (χ1n) is 10.1. The SMILES string of the molecule is O=C(Nc1ccc(Cl)cc1-c1noc(=O)[nH]1)c1cc2cccc(NC(=O)C3CCC3)c2[nH]1. The van der Waals surface area contributed by atoms with Crippen molar-refractivity contribution in [3.8, 4) is 11.4 Å². The lowest BCUT2D eigenvalue weighted by Gasteiger charge is -2.24. The summed E-state index contributed by atoms with van der Waals surface area (Å²) < 4.78 is 4.56. The van der Waals surface area contributed by atoms with E-state index in [2.05, 4.69) is 30.3 Å². The number of carbonyl (C=O) groups excluding carboxylic acids is 2. The van der Waals surface area contributed by atoms with Crippen LogP contribution in [0.25, 0.3) is 22.3 Å². The highest BCUT2D eigenvalue weighted by atomic mass is 35.5. The minimum Gasteiger partial charge on any atom is -0.349 e. The first kappa shape index (κ1) is 20.1. The minimum absolute atomic E-state index is 0.00300. The van der Waals surface area contributed by atoms with E-state index >= 15 is 0 Å². The van der Waals surface area contributed by atoms with Crippen LogP contribution in [-0.4, -0.2) is 26.9 Å². The Balaban J connectivity index is 1.43. The molecule has 5 rings (SSSR count). The Bertz CT molecular complexity index is 1400. The summed E-state index contributed by atoms with van der Waals surface area (Å²) in [4.78, 5) is 42.2. The first-order valence-corrected chi connectivity index (χ1v) is 10.5. The zero-order valence-corrected chi connectivity index (χ0v) is 17.5. The van der Waals surface area contributed by atoms with Crippen LogP contribution in [0.5, 0.6) is 0 Å². The Morgan fingerprint density at radius 2 is 1.91 bits per heavy atom. The fourth-order valence-electron chi connectivity index (χ4n) is 3.64. The van der Waals surface area contributed by atoms with Crippen molar-refractivity contribution in [3.63, 3.8) is 0 Å². The van der Waals surface area contributed by atoms with Crippen LogP contribution in [-0.2, 0) is 4.79 Å². The number of amides is 2. The van der Waals surface area contributed by atoms with Crippen molar-refractivity contribution in [1.82, 2.24) is 15.1 Å². The monoisotopic (exact) mass is 451 g/mol. The lowest BCUT2D eigenvalue weighted by molar-refractivity contribution is -0.122. The highest BCUT2D eigenvalue weighted by Gasteiger charge is 2.26. The van der Waals surface area contributed by atoms with Gasteiger partial charge in [-0.25, -0.2) is 4.79 Å². The van der Waals surface area contributed by atoms with Crippen LogP contribution in [0, 0.1) is 5.92 Å². The molecule has 4 N–H and O–H groups in total. The van der Waals surface area contributed by atoms with Gasteiger partial charge in [0.1, 0.15) is 5.69 Å². The molecule has 2 aromatic carbocycles. The summed E-state index contributed by atoms with van der Waals surface area (Å²) in [6, 6.07) is 12.0. The summed E-state index contributed by atoms with van der Waals surface area (Å²) in [5.74, 6) is -0.937. The largest absolute Gasteiger partial charge is 0.439 e. The molecule has 1 saturated carbocycles. The van der Waals surface area contributed by atoms with Gasteiger partial charge < -0.3 is 15.6 Å². The van der Waals surface area contributed by atoms with E-state index in [4.69, 9.17) is 11.6 Å². The van der Waals surface area contributed by atoms with E-state index in [1.807, 2.05) is 12.1 Å². The number of hydrogen-bond acceptors (Lipinski definition) is 5. The number of carbonyl (C=O) groups is 2. The molecule has 4 aromatic rings. The maximum Gasteiger partial charge on any atom is 0.439 e. The van der Waals surface area contributed by atoms with Crippen LogP contribution in [0.3, 0.4) is 0 Å². The van der Waals surface area contributed by atoms with E-state index in [9.17, 15) is 14.4 Å². The van der Waals surface area contributed by atoms with Gasteiger partial charge >= 0.3 is 5.76 Å². The lowest BCUT2D eigenvalue weighted by Crippen LogP contribution is -2.28. The number of aromatic amines is 2. The van der Waals surface area contributed by atoms with Gasteiger partial charge in [0.15, 0.2) is 5.82 Å². The molecule has 9 nitrogen and oxygen atoms in total. The Labute approximate surface area is 186 Å². The van der Waals surface area contributed by atoms with Gasteiger partial charge in [-0.1, -0.05) is 35.3 Å². The summed E-state index contributed by atoms with van der Waals surface area (Å²) >= 11 is 6.07. The molecule has 0 radical (unpaired) electrons. The third kappa shape index (κ3) is 3.78. The van der Waals surface area contributed by atoms with Gasteiger partial charge in [0, 0.05) is 21.9 Å². The number of rotatable bonds is 5.